The summed E-state index contributed by atoms with van der Waals surface area (Å²) in [4.78, 5) is 30.8. The number of urea groups is 1. The van der Waals surface area contributed by atoms with Gasteiger partial charge in [-0.15, -0.1) is 0 Å². The third kappa shape index (κ3) is 3.52. The van der Waals surface area contributed by atoms with Crippen molar-refractivity contribution < 1.29 is 18.8 Å². The van der Waals surface area contributed by atoms with E-state index in [-0.39, 0.29) is 23.1 Å². The van der Waals surface area contributed by atoms with Crippen LogP contribution in [0.4, 0.5) is 10.5 Å². The van der Waals surface area contributed by atoms with E-state index in [0.29, 0.717) is 49.3 Å². The van der Waals surface area contributed by atoms with Gasteiger partial charge in [-0.2, -0.15) is 4.98 Å². The van der Waals surface area contributed by atoms with Crippen LogP contribution in [0.2, 0.25) is 0 Å². The van der Waals surface area contributed by atoms with Crippen LogP contribution in [0.15, 0.2) is 28.8 Å². The van der Waals surface area contributed by atoms with E-state index >= 15 is 0 Å². The number of aryl methyl sites for hydroxylation is 1. The van der Waals surface area contributed by atoms with Crippen LogP contribution in [-0.2, 0) is 4.74 Å². The molecule has 2 amide bonds. The lowest BCUT2D eigenvalue weighted by molar-refractivity contribution is 0.00959. The number of benzene rings is 1. The topological polar surface area (TPSA) is 97.6 Å². The summed E-state index contributed by atoms with van der Waals surface area (Å²) in [6.07, 6.45) is 1.70. The maximum Gasteiger partial charge on any atom is 0.321 e. The molecule has 148 valence electrons. The number of carbonyl (C=O) groups is 2. The number of Topliss-reactive ketones (excluding diaryl/α,β-unsaturated/α-hetero) is 1. The van der Waals surface area contributed by atoms with Crippen molar-refractivity contribution in [3.63, 3.8) is 0 Å². The van der Waals surface area contributed by atoms with Crippen LogP contribution in [-0.4, -0.2) is 53.2 Å². The molecule has 1 atom stereocenters. The number of ketones is 1. The highest BCUT2D eigenvalue weighted by molar-refractivity contribution is 5.96. The molecule has 8 heteroatoms. The Hall–Kier alpha value is -2.74. The standard InChI is InChI=1S/C20H24N4O4/c1-13(25)15-4-3-5-16(10-15)22-19(26)24-11-17(18-21-14(2)23-28-18)20(12-24)6-8-27-9-7-20/h3-5,10,17H,6-9,11-12H2,1-2H3,(H,22,26)/t17-/m0/s1. The zero-order valence-corrected chi connectivity index (χ0v) is 16.1. The van der Waals surface area contributed by atoms with Gasteiger partial charge in [-0.1, -0.05) is 17.3 Å². The maximum absolute atomic E-state index is 12.9. The number of carbonyl (C=O) groups excluding carboxylic acids is 2. The SMILES string of the molecule is CC(=O)c1cccc(NC(=O)N2C[C@@H](c3nc(C)no3)C3(CCOCC3)C2)c1. The first kappa shape index (κ1) is 18.6. The summed E-state index contributed by atoms with van der Waals surface area (Å²) >= 11 is 0. The molecule has 2 saturated heterocycles. The molecule has 0 radical (unpaired) electrons. The Morgan fingerprint density at radius 3 is 2.75 bits per heavy atom. The van der Waals surface area contributed by atoms with Gasteiger partial charge in [0.1, 0.15) is 0 Å². The van der Waals surface area contributed by atoms with Gasteiger partial charge in [-0.05, 0) is 38.8 Å². The molecule has 8 nitrogen and oxygen atoms in total. The van der Waals surface area contributed by atoms with E-state index in [2.05, 4.69) is 15.5 Å². The van der Waals surface area contributed by atoms with Crippen LogP contribution in [0, 0.1) is 12.3 Å². The molecule has 1 aromatic heterocycles. The van der Waals surface area contributed by atoms with E-state index in [0.717, 1.165) is 12.8 Å². The van der Waals surface area contributed by atoms with Gasteiger partial charge in [0, 0.05) is 43.0 Å². The van der Waals surface area contributed by atoms with Gasteiger partial charge in [0.05, 0.1) is 5.92 Å². The minimum absolute atomic E-state index is 0.00750. The number of ether oxygens (including phenoxy) is 1. The fraction of sp³-hybridized carbons (Fsp3) is 0.500. The molecule has 1 aromatic carbocycles. The van der Waals surface area contributed by atoms with Gasteiger partial charge in [0.15, 0.2) is 11.6 Å². The van der Waals surface area contributed by atoms with Crippen molar-refractivity contribution in [2.75, 3.05) is 31.6 Å². The van der Waals surface area contributed by atoms with Crippen molar-refractivity contribution in [2.45, 2.75) is 32.6 Å². The van der Waals surface area contributed by atoms with Gasteiger partial charge in [-0.3, -0.25) is 4.79 Å². The second-order valence-corrected chi connectivity index (χ2v) is 7.65. The summed E-state index contributed by atoms with van der Waals surface area (Å²) in [5.41, 5.74) is 1.06. The zero-order valence-electron chi connectivity index (χ0n) is 16.1. The molecule has 0 bridgehead atoms. The van der Waals surface area contributed by atoms with Crippen molar-refractivity contribution >= 4 is 17.5 Å². The van der Waals surface area contributed by atoms with E-state index in [1.54, 1.807) is 36.1 Å². The Bertz CT molecular complexity index is 888. The summed E-state index contributed by atoms with van der Waals surface area (Å²) in [5.74, 6) is 1.14. The predicted molar refractivity (Wildman–Crippen MR) is 101 cm³/mol. The molecule has 28 heavy (non-hydrogen) atoms. The number of likely N-dealkylation sites (tertiary alicyclic amines) is 1. The highest BCUT2D eigenvalue weighted by atomic mass is 16.5. The van der Waals surface area contributed by atoms with E-state index in [9.17, 15) is 9.59 Å². The summed E-state index contributed by atoms with van der Waals surface area (Å²) < 4.78 is 11.0. The third-order valence-corrected chi connectivity index (χ3v) is 5.79. The first-order chi connectivity index (χ1) is 13.5. The molecule has 2 aromatic rings. The molecule has 2 aliphatic rings. The first-order valence-corrected chi connectivity index (χ1v) is 9.52. The Morgan fingerprint density at radius 1 is 1.29 bits per heavy atom. The van der Waals surface area contributed by atoms with Crippen LogP contribution < -0.4 is 5.32 Å². The van der Waals surface area contributed by atoms with Gasteiger partial charge < -0.3 is 19.5 Å². The Morgan fingerprint density at radius 2 is 2.07 bits per heavy atom. The number of aromatic nitrogens is 2. The highest BCUT2D eigenvalue weighted by Gasteiger charge is 2.51. The average molecular weight is 384 g/mol. The fourth-order valence-electron chi connectivity index (χ4n) is 4.22. The third-order valence-electron chi connectivity index (χ3n) is 5.79. The molecule has 2 aliphatic heterocycles. The summed E-state index contributed by atoms with van der Waals surface area (Å²) in [7, 11) is 0. The average Bonchev–Trinajstić information content (AvgIpc) is 3.26. The molecule has 1 N–H and O–H groups in total. The van der Waals surface area contributed by atoms with Crippen molar-refractivity contribution in [3.05, 3.63) is 41.5 Å². The Labute approximate surface area is 163 Å². The van der Waals surface area contributed by atoms with Gasteiger partial charge in [0.2, 0.25) is 5.89 Å². The number of hydrogen-bond acceptors (Lipinski definition) is 6. The maximum atomic E-state index is 12.9. The molecule has 0 aliphatic carbocycles. The summed E-state index contributed by atoms with van der Waals surface area (Å²) in [6, 6.07) is 6.78. The molecular weight excluding hydrogens is 360 g/mol. The Balaban J connectivity index is 1.54. The van der Waals surface area contributed by atoms with E-state index in [4.69, 9.17) is 9.26 Å². The number of hydrogen-bond donors (Lipinski definition) is 1. The number of anilines is 1. The number of rotatable bonds is 3. The molecular formula is C20H24N4O4. The minimum atomic E-state index is -0.190. The number of nitrogens with one attached hydrogen (secondary N) is 1. The van der Waals surface area contributed by atoms with Crippen LogP contribution in [0.3, 0.4) is 0 Å². The molecule has 0 saturated carbocycles. The molecule has 3 heterocycles. The van der Waals surface area contributed by atoms with E-state index in [1.807, 2.05) is 0 Å². The minimum Gasteiger partial charge on any atom is -0.381 e. The van der Waals surface area contributed by atoms with Crippen LogP contribution >= 0.6 is 0 Å². The smallest absolute Gasteiger partial charge is 0.321 e. The summed E-state index contributed by atoms with van der Waals surface area (Å²) in [6.45, 7) is 5.76. The normalized spacial score (nSPS) is 21.1. The molecule has 0 unspecified atom stereocenters. The van der Waals surface area contributed by atoms with Crippen molar-refractivity contribution in [1.29, 1.82) is 0 Å². The monoisotopic (exact) mass is 384 g/mol. The number of nitrogens with zero attached hydrogens (tertiary/aromatic N) is 3. The van der Waals surface area contributed by atoms with Crippen LogP contribution in [0.25, 0.3) is 0 Å². The largest absolute Gasteiger partial charge is 0.381 e. The van der Waals surface area contributed by atoms with E-state index in [1.165, 1.54) is 6.92 Å². The highest BCUT2D eigenvalue weighted by Crippen LogP contribution is 2.49. The predicted octanol–water partition coefficient (Wildman–Crippen LogP) is 3.01. The zero-order chi connectivity index (χ0) is 19.7. The van der Waals surface area contributed by atoms with E-state index < -0.39 is 0 Å². The lowest BCUT2D eigenvalue weighted by Crippen LogP contribution is -2.38. The van der Waals surface area contributed by atoms with Gasteiger partial charge in [0.25, 0.3) is 0 Å². The van der Waals surface area contributed by atoms with Gasteiger partial charge >= 0.3 is 6.03 Å². The second kappa shape index (κ2) is 7.35. The van der Waals surface area contributed by atoms with Crippen molar-refractivity contribution in [2.24, 2.45) is 5.41 Å². The molecule has 2 fully saturated rings. The summed E-state index contributed by atoms with van der Waals surface area (Å²) in [5, 5.41) is 6.85. The Kier molecular flexibility index (Phi) is 4.89. The van der Waals surface area contributed by atoms with Crippen LogP contribution in [0.1, 0.15) is 47.8 Å². The lowest BCUT2D eigenvalue weighted by atomic mass is 9.72. The molecule has 1 spiro atoms. The number of amides is 2. The lowest BCUT2D eigenvalue weighted by Gasteiger charge is -2.36. The second-order valence-electron chi connectivity index (χ2n) is 7.65. The van der Waals surface area contributed by atoms with Crippen molar-refractivity contribution in [3.8, 4) is 0 Å². The quantitative estimate of drug-likeness (QED) is 0.817. The fourth-order valence-corrected chi connectivity index (χ4v) is 4.22. The first-order valence-electron chi connectivity index (χ1n) is 9.52. The van der Waals surface area contributed by atoms with Crippen molar-refractivity contribution in [1.82, 2.24) is 15.0 Å². The molecule has 4 rings (SSSR count). The van der Waals surface area contributed by atoms with Crippen LogP contribution in [0.5, 0.6) is 0 Å². The van der Waals surface area contributed by atoms with Gasteiger partial charge in [-0.25, -0.2) is 4.79 Å².